The monoisotopic (exact) mass is 416 g/mol. The SMILES string of the molecule is COc1ccccc1OCC(=O)N(CC1CCCO1)c1nc2c(F)cccc2s1. The van der Waals surface area contributed by atoms with Gasteiger partial charge in [-0.2, -0.15) is 0 Å². The first-order valence-corrected chi connectivity index (χ1v) is 10.2. The van der Waals surface area contributed by atoms with E-state index in [9.17, 15) is 9.18 Å². The van der Waals surface area contributed by atoms with Crippen LogP contribution in [0.4, 0.5) is 9.52 Å². The lowest BCUT2D eigenvalue weighted by molar-refractivity contribution is -0.121. The molecule has 0 saturated carbocycles. The summed E-state index contributed by atoms with van der Waals surface area (Å²) in [6.07, 6.45) is 1.76. The molecule has 1 aliphatic rings. The summed E-state index contributed by atoms with van der Waals surface area (Å²) in [6, 6.07) is 11.9. The zero-order valence-corrected chi connectivity index (χ0v) is 16.8. The molecule has 1 saturated heterocycles. The number of thiazole rings is 1. The first-order chi connectivity index (χ1) is 14.2. The molecule has 3 aromatic rings. The van der Waals surface area contributed by atoms with Crippen LogP contribution < -0.4 is 14.4 Å². The molecule has 0 bridgehead atoms. The number of rotatable bonds is 7. The molecular formula is C21H21FN2O4S. The molecule has 1 fully saturated rings. The second-order valence-corrected chi connectivity index (χ2v) is 7.67. The van der Waals surface area contributed by atoms with Crippen LogP contribution in [0.15, 0.2) is 42.5 Å². The van der Waals surface area contributed by atoms with Crippen molar-refractivity contribution in [2.75, 3.05) is 31.8 Å². The quantitative estimate of drug-likeness (QED) is 0.582. The summed E-state index contributed by atoms with van der Waals surface area (Å²) in [5.41, 5.74) is 0.267. The van der Waals surface area contributed by atoms with E-state index in [4.69, 9.17) is 14.2 Å². The maximum atomic E-state index is 14.1. The summed E-state index contributed by atoms with van der Waals surface area (Å²) >= 11 is 1.28. The highest BCUT2D eigenvalue weighted by atomic mass is 32.1. The molecule has 0 spiro atoms. The van der Waals surface area contributed by atoms with Crippen LogP contribution in [0.5, 0.6) is 11.5 Å². The summed E-state index contributed by atoms with van der Waals surface area (Å²) < 4.78 is 31.5. The number of aromatic nitrogens is 1. The minimum absolute atomic E-state index is 0.0675. The molecule has 2 aromatic carbocycles. The fraction of sp³-hybridized carbons (Fsp3) is 0.333. The van der Waals surface area contributed by atoms with Gasteiger partial charge in [0.15, 0.2) is 23.2 Å². The Balaban J connectivity index is 1.57. The van der Waals surface area contributed by atoms with Crippen molar-refractivity contribution in [3.63, 3.8) is 0 Å². The number of methoxy groups -OCH3 is 1. The normalized spacial score (nSPS) is 16.1. The van der Waals surface area contributed by atoms with Gasteiger partial charge in [-0.1, -0.05) is 29.5 Å². The Kier molecular flexibility index (Phi) is 5.92. The van der Waals surface area contributed by atoms with Gasteiger partial charge >= 0.3 is 0 Å². The van der Waals surface area contributed by atoms with Crippen molar-refractivity contribution in [1.82, 2.24) is 4.98 Å². The number of anilines is 1. The third-order valence-electron chi connectivity index (χ3n) is 4.72. The van der Waals surface area contributed by atoms with E-state index < -0.39 is 5.82 Å². The van der Waals surface area contributed by atoms with Crippen LogP contribution in [0, 0.1) is 5.82 Å². The number of hydrogen-bond acceptors (Lipinski definition) is 6. The van der Waals surface area contributed by atoms with Gasteiger partial charge in [0, 0.05) is 6.61 Å². The molecule has 0 aliphatic carbocycles. The number of hydrogen-bond donors (Lipinski definition) is 0. The Morgan fingerprint density at radius 2 is 2.10 bits per heavy atom. The van der Waals surface area contributed by atoms with E-state index in [0.29, 0.717) is 34.5 Å². The number of halogens is 1. The first-order valence-electron chi connectivity index (χ1n) is 9.38. The highest BCUT2D eigenvalue weighted by molar-refractivity contribution is 7.22. The van der Waals surface area contributed by atoms with E-state index in [1.165, 1.54) is 22.3 Å². The Bertz CT molecular complexity index is 1000. The molecule has 0 N–H and O–H groups in total. The molecule has 29 heavy (non-hydrogen) atoms. The lowest BCUT2D eigenvalue weighted by Crippen LogP contribution is -2.40. The maximum Gasteiger partial charge on any atom is 0.266 e. The molecule has 152 valence electrons. The van der Waals surface area contributed by atoms with Gasteiger partial charge in [-0.25, -0.2) is 9.37 Å². The molecule has 1 aromatic heterocycles. The van der Waals surface area contributed by atoms with Gasteiger partial charge in [-0.3, -0.25) is 9.69 Å². The molecule has 6 nitrogen and oxygen atoms in total. The lowest BCUT2D eigenvalue weighted by Gasteiger charge is -2.23. The number of benzene rings is 2. The van der Waals surface area contributed by atoms with Gasteiger partial charge in [0.25, 0.3) is 5.91 Å². The second kappa shape index (κ2) is 8.75. The molecule has 1 atom stereocenters. The van der Waals surface area contributed by atoms with Crippen molar-refractivity contribution in [2.45, 2.75) is 18.9 Å². The van der Waals surface area contributed by atoms with Crippen molar-refractivity contribution >= 4 is 32.6 Å². The van der Waals surface area contributed by atoms with Crippen LogP contribution in [0.25, 0.3) is 10.2 Å². The van der Waals surface area contributed by atoms with Crippen LogP contribution >= 0.6 is 11.3 Å². The van der Waals surface area contributed by atoms with Gasteiger partial charge in [0.05, 0.1) is 24.5 Å². The average Bonchev–Trinajstić information content (AvgIpc) is 3.40. The van der Waals surface area contributed by atoms with Gasteiger partial charge in [-0.05, 0) is 37.1 Å². The molecule has 1 unspecified atom stereocenters. The van der Waals surface area contributed by atoms with Crippen molar-refractivity contribution < 1.29 is 23.4 Å². The van der Waals surface area contributed by atoms with Crippen LogP contribution in [0.3, 0.4) is 0 Å². The Labute approximate surface area is 171 Å². The summed E-state index contributed by atoms with van der Waals surface area (Å²) in [5.74, 6) is 0.356. The topological polar surface area (TPSA) is 60.9 Å². The van der Waals surface area contributed by atoms with E-state index in [1.807, 2.05) is 12.1 Å². The summed E-state index contributed by atoms with van der Waals surface area (Å²) in [5, 5.41) is 0.439. The summed E-state index contributed by atoms with van der Waals surface area (Å²) in [6.45, 7) is 0.847. The minimum atomic E-state index is -0.403. The lowest BCUT2D eigenvalue weighted by atomic mass is 10.2. The van der Waals surface area contributed by atoms with Crippen molar-refractivity contribution in [1.29, 1.82) is 0 Å². The second-order valence-electron chi connectivity index (χ2n) is 6.66. The van der Waals surface area contributed by atoms with Crippen molar-refractivity contribution in [3.8, 4) is 11.5 Å². The zero-order chi connectivity index (χ0) is 20.2. The maximum absolute atomic E-state index is 14.1. The number of amides is 1. The molecule has 2 heterocycles. The predicted molar refractivity (Wildman–Crippen MR) is 109 cm³/mol. The van der Waals surface area contributed by atoms with Gasteiger partial charge in [0.2, 0.25) is 0 Å². The minimum Gasteiger partial charge on any atom is -0.493 e. The summed E-state index contributed by atoms with van der Waals surface area (Å²) in [7, 11) is 1.55. The van der Waals surface area contributed by atoms with Gasteiger partial charge in [0.1, 0.15) is 11.3 Å². The van der Waals surface area contributed by atoms with Crippen LogP contribution in [-0.4, -0.2) is 43.9 Å². The summed E-state index contributed by atoms with van der Waals surface area (Å²) in [4.78, 5) is 19.0. The number of carbonyl (C=O) groups excluding carboxylic acids is 1. The fourth-order valence-electron chi connectivity index (χ4n) is 3.25. The van der Waals surface area contributed by atoms with Crippen LogP contribution in [0.2, 0.25) is 0 Å². The zero-order valence-electron chi connectivity index (χ0n) is 16.0. The molecule has 8 heteroatoms. The fourth-order valence-corrected chi connectivity index (χ4v) is 4.26. The molecule has 4 rings (SSSR count). The van der Waals surface area contributed by atoms with Crippen LogP contribution in [0.1, 0.15) is 12.8 Å². The molecule has 1 aliphatic heterocycles. The van der Waals surface area contributed by atoms with Crippen molar-refractivity contribution in [3.05, 3.63) is 48.3 Å². The Hall–Kier alpha value is -2.71. The first kappa shape index (κ1) is 19.6. The third kappa shape index (κ3) is 4.33. The number of nitrogens with zero attached hydrogens (tertiary/aromatic N) is 2. The smallest absolute Gasteiger partial charge is 0.266 e. The van der Waals surface area contributed by atoms with Crippen molar-refractivity contribution in [2.24, 2.45) is 0 Å². The van der Waals surface area contributed by atoms with Gasteiger partial charge in [-0.15, -0.1) is 0 Å². The molecular weight excluding hydrogens is 395 g/mol. The molecule has 0 radical (unpaired) electrons. The highest BCUT2D eigenvalue weighted by Crippen LogP contribution is 2.32. The Morgan fingerprint density at radius 3 is 2.83 bits per heavy atom. The van der Waals surface area contributed by atoms with E-state index in [0.717, 1.165) is 12.8 Å². The molecule has 1 amide bonds. The highest BCUT2D eigenvalue weighted by Gasteiger charge is 2.27. The number of carbonyl (C=O) groups is 1. The predicted octanol–water partition coefficient (Wildman–Crippen LogP) is 4.04. The van der Waals surface area contributed by atoms with E-state index >= 15 is 0 Å². The van der Waals surface area contributed by atoms with E-state index in [-0.39, 0.29) is 24.1 Å². The standard InChI is InChI=1S/C21H21FN2O4S/c1-26-16-8-2-3-9-17(16)28-13-19(25)24(12-14-6-5-11-27-14)21-23-20-15(22)7-4-10-18(20)29-21/h2-4,7-10,14H,5-6,11-13H2,1H3. The van der Waals surface area contributed by atoms with E-state index in [1.54, 1.807) is 31.4 Å². The number of para-hydroxylation sites is 3. The number of fused-ring (bicyclic) bond motifs is 1. The van der Waals surface area contributed by atoms with E-state index in [2.05, 4.69) is 4.98 Å². The Morgan fingerprint density at radius 1 is 1.28 bits per heavy atom. The average molecular weight is 416 g/mol. The number of ether oxygens (including phenoxy) is 3. The largest absolute Gasteiger partial charge is 0.493 e. The van der Waals surface area contributed by atoms with Crippen LogP contribution in [-0.2, 0) is 9.53 Å². The third-order valence-corrected chi connectivity index (χ3v) is 5.76. The van der Waals surface area contributed by atoms with Gasteiger partial charge < -0.3 is 14.2 Å².